The standard InChI is InChI=1S/C25H22F3N3O4S/c1-15-9-10-22(16(2)11-15)31-23(32)14-21(24(31)33)29-18-6-4-8-20(13-18)36(34,35)30-19-7-3-5-17(12-19)25(26,27)28/h3-13,21,29-30H,14H2,1-2H3/t21-/m1/s1. The van der Waals surface area contributed by atoms with Crippen LogP contribution in [-0.4, -0.2) is 26.3 Å². The van der Waals surface area contributed by atoms with E-state index in [-0.39, 0.29) is 28.6 Å². The van der Waals surface area contributed by atoms with Gasteiger partial charge in [0, 0.05) is 11.4 Å². The first-order valence-electron chi connectivity index (χ1n) is 10.9. The molecule has 1 saturated heterocycles. The molecule has 0 saturated carbocycles. The van der Waals surface area contributed by atoms with E-state index in [1.54, 1.807) is 19.1 Å². The molecule has 1 atom stereocenters. The second-order valence-corrected chi connectivity index (χ2v) is 10.2. The van der Waals surface area contributed by atoms with Gasteiger partial charge in [-0.25, -0.2) is 13.3 Å². The molecule has 3 aromatic carbocycles. The number of carbonyl (C=O) groups is 2. The lowest BCUT2D eigenvalue weighted by molar-refractivity contribution is -0.137. The van der Waals surface area contributed by atoms with Crippen molar-refractivity contribution in [3.05, 3.63) is 83.4 Å². The second kappa shape index (κ2) is 9.30. The minimum Gasteiger partial charge on any atom is -0.373 e. The van der Waals surface area contributed by atoms with Crippen LogP contribution < -0.4 is 14.9 Å². The Morgan fingerprint density at radius 3 is 2.31 bits per heavy atom. The number of nitrogens with one attached hydrogen (secondary N) is 2. The molecule has 0 radical (unpaired) electrons. The SMILES string of the molecule is Cc1ccc(N2C(=O)C[C@@H](Nc3cccc(S(=O)(=O)Nc4cccc(C(F)(F)F)c4)c3)C2=O)c(C)c1. The van der Waals surface area contributed by atoms with Gasteiger partial charge < -0.3 is 5.32 Å². The summed E-state index contributed by atoms with van der Waals surface area (Å²) in [6.07, 6.45) is -4.74. The number of alkyl halides is 3. The number of nitrogens with zero attached hydrogens (tertiary/aromatic N) is 1. The largest absolute Gasteiger partial charge is 0.416 e. The van der Waals surface area contributed by atoms with Crippen molar-refractivity contribution in [2.24, 2.45) is 0 Å². The van der Waals surface area contributed by atoms with E-state index in [4.69, 9.17) is 0 Å². The lowest BCUT2D eigenvalue weighted by atomic mass is 10.1. The molecule has 1 aliphatic heterocycles. The molecule has 36 heavy (non-hydrogen) atoms. The van der Waals surface area contributed by atoms with Crippen molar-refractivity contribution < 1.29 is 31.2 Å². The second-order valence-electron chi connectivity index (χ2n) is 8.47. The number of carbonyl (C=O) groups excluding carboxylic acids is 2. The molecule has 1 aliphatic rings. The maximum atomic E-state index is 13.0. The molecule has 4 rings (SSSR count). The van der Waals surface area contributed by atoms with Crippen molar-refractivity contribution in [2.75, 3.05) is 14.9 Å². The fraction of sp³-hybridized carbons (Fsp3) is 0.200. The van der Waals surface area contributed by atoms with Gasteiger partial charge in [-0.3, -0.25) is 14.3 Å². The van der Waals surface area contributed by atoms with Crippen LogP contribution in [0.3, 0.4) is 0 Å². The Hall–Kier alpha value is -3.86. The monoisotopic (exact) mass is 517 g/mol. The maximum Gasteiger partial charge on any atom is 0.416 e. The van der Waals surface area contributed by atoms with E-state index < -0.39 is 33.7 Å². The number of rotatable bonds is 6. The summed E-state index contributed by atoms with van der Waals surface area (Å²) in [6, 6.07) is 13.8. The highest BCUT2D eigenvalue weighted by Crippen LogP contribution is 2.32. The minimum absolute atomic E-state index is 0.119. The Morgan fingerprint density at radius 2 is 1.61 bits per heavy atom. The Labute approximate surface area is 206 Å². The third kappa shape index (κ3) is 5.20. The van der Waals surface area contributed by atoms with Gasteiger partial charge in [0.1, 0.15) is 6.04 Å². The molecule has 0 unspecified atom stereocenters. The van der Waals surface area contributed by atoms with Crippen LogP contribution in [0.4, 0.5) is 30.2 Å². The first-order chi connectivity index (χ1) is 16.8. The summed E-state index contributed by atoms with van der Waals surface area (Å²) < 4.78 is 66.7. The van der Waals surface area contributed by atoms with Gasteiger partial charge in [-0.1, -0.05) is 29.8 Å². The molecule has 2 N–H and O–H groups in total. The number of hydrogen-bond donors (Lipinski definition) is 2. The molecule has 7 nitrogen and oxygen atoms in total. The van der Waals surface area contributed by atoms with E-state index >= 15 is 0 Å². The van der Waals surface area contributed by atoms with Crippen molar-refractivity contribution >= 4 is 38.9 Å². The highest BCUT2D eigenvalue weighted by molar-refractivity contribution is 7.92. The predicted octanol–water partition coefficient (Wildman–Crippen LogP) is 4.87. The van der Waals surface area contributed by atoms with Crippen LogP contribution >= 0.6 is 0 Å². The van der Waals surface area contributed by atoms with Crippen LogP contribution in [0.15, 0.2) is 71.6 Å². The molecule has 0 aromatic heterocycles. The summed E-state index contributed by atoms with van der Waals surface area (Å²) in [4.78, 5) is 26.5. The number of halogens is 3. The van der Waals surface area contributed by atoms with Gasteiger partial charge in [0.2, 0.25) is 5.91 Å². The number of sulfonamides is 1. The lowest BCUT2D eigenvalue weighted by Crippen LogP contribution is -2.35. The quantitative estimate of drug-likeness (QED) is 0.455. The average Bonchev–Trinajstić information content (AvgIpc) is 3.06. The van der Waals surface area contributed by atoms with E-state index in [0.717, 1.165) is 28.2 Å². The number of benzene rings is 3. The van der Waals surface area contributed by atoms with Crippen LogP contribution in [0.25, 0.3) is 0 Å². The Kier molecular flexibility index (Phi) is 6.52. The zero-order valence-corrected chi connectivity index (χ0v) is 20.1. The summed E-state index contributed by atoms with van der Waals surface area (Å²) in [6.45, 7) is 3.70. The molecule has 1 heterocycles. The summed E-state index contributed by atoms with van der Waals surface area (Å²) in [5.74, 6) is -0.859. The maximum absolute atomic E-state index is 13.0. The Bertz CT molecular complexity index is 1450. The van der Waals surface area contributed by atoms with E-state index in [1.807, 2.05) is 13.0 Å². The fourth-order valence-electron chi connectivity index (χ4n) is 3.98. The Morgan fingerprint density at radius 1 is 0.917 bits per heavy atom. The van der Waals surface area contributed by atoms with Gasteiger partial charge in [-0.05, 0) is 61.9 Å². The molecule has 3 aromatic rings. The number of imide groups is 1. The van der Waals surface area contributed by atoms with Crippen molar-refractivity contribution in [3.63, 3.8) is 0 Å². The van der Waals surface area contributed by atoms with Crippen LogP contribution in [0.1, 0.15) is 23.1 Å². The molecule has 0 aliphatic carbocycles. The van der Waals surface area contributed by atoms with E-state index in [9.17, 15) is 31.2 Å². The summed E-state index contributed by atoms with van der Waals surface area (Å²) >= 11 is 0. The summed E-state index contributed by atoms with van der Waals surface area (Å²) in [7, 11) is -4.24. The molecule has 0 spiro atoms. The molecular weight excluding hydrogens is 495 g/mol. The smallest absolute Gasteiger partial charge is 0.373 e. The van der Waals surface area contributed by atoms with Crippen LogP contribution in [0.2, 0.25) is 0 Å². The van der Waals surface area contributed by atoms with Gasteiger partial charge in [-0.2, -0.15) is 13.2 Å². The molecule has 11 heteroatoms. The third-order valence-corrected chi connectivity index (χ3v) is 7.05. The van der Waals surface area contributed by atoms with Crippen LogP contribution in [0.5, 0.6) is 0 Å². The first-order valence-corrected chi connectivity index (χ1v) is 12.3. The molecule has 188 valence electrons. The third-order valence-electron chi connectivity index (χ3n) is 5.67. The predicted molar refractivity (Wildman–Crippen MR) is 129 cm³/mol. The highest BCUT2D eigenvalue weighted by Gasteiger charge is 2.40. The Balaban J connectivity index is 1.53. The molecular formula is C25H22F3N3O4S. The summed E-state index contributed by atoms with van der Waals surface area (Å²) in [5, 5.41) is 2.90. The van der Waals surface area contributed by atoms with E-state index in [2.05, 4.69) is 10.0 Å². The number of anilines is 3. The number of hydrogen-bond acceptors (Lipinski definition) is 5. The van der Waals surface area contributed by atoms with Gasteiger partial charge >= 0.3 is 6.18 Å². The number of aryl methyl sites for hydroxylation is 2. The molecule has 2 amide bonds. The topological polar surface area (TPSA) is 95.6 Å². The van der Waals surface area contributed by atoms with Crippen LogP contribution in [-0.2, 0) is 25.8 Å². The van der Waals surface area contributed by atoms with Gasteiger partial charge in [0.05, 0.1) is 22.6 Å². The number of amides is 2. The van der Waals surface area contributed by atoms with Gasteiger partial charge in [0.15, 0.2) is 0 Å². The zero-order chi connectivity index (χ0) is 26.3. The fourth-order valence-corrected chi connectivity index (χ4v) is 5.08. The van der Waals surface area contributed by atoms with E-state index in [0.29, 0.717) is 11.8 Å². The lowest BCUT2D eigenvalue weighted by Gasteiger charge is -2.18. The van der Waals surface area contributed by atoms with Gasteiger partial charge in [0.25, 0.3) is 15.9 Å². The first kappa shape index (κ1) is 25.2. The minimum atomic E-state index is -4.62. The zero-order valence-electron chi connectivity index (χ0n) is 19.3. The molecule has 1 fully saturated rings. The van der Waals surface area contributed by atoms with E-state index in [1.165, 1.54) is 30.3 Å². The normalized spacial score (nSPS) is 16.4. The van der Waals surface area contributed by atoms with Gasteiger partial charge in [-0.15, -0.1) is 0 Å². The molecule has 0 bridgehead atoms. The van der Waals surface area contributed by atoms with Crippen molar-refractivity contribution in [2.45, 2.75) is 37.4 Å². The van der Waals surface area contributed by atoms with Crippen molar-refractivity contribution in [1.82, 2.24) is 0 Å². The highest BCUT2D eigenvalue weighted by atomic mass is 32.2. The van der Waals surface area contributed by atoms with Crippen molar-refractivity contribution in [1.29, 1.82) is 0 Å². The summed E-state index contributed by atoms with van der Waals surface area (Å²) in [5.41, 5.74) is 1.27. The van der Waals surface area contributed by atoms with Crippen LogP contribution in [0, 0.1) is 13.8 Å². The average molecular weight is 518 g/mol. The van der Waals surface area contributed by atoms with Crippen molar-refractivity contribution in [3.8, 4) is 0 Å².